The second kappa shape index (κ2) is 5.07. The van der Waals surface area contributed by atoms with Crippen molar-refractivity contribution in [2.75, 3.05) is 43.4 Å². The Bertz CT molecular complexity index is 566. The lowest BCUT2D eigenvalue weighted by Gasteiger charge is -2.60. The summed E-state index contributed by atoms with van der Waals surface area (Å²) in [7, 11) is 1.93. The first-order valence-electron chi connectivity index (χ1n) is 7.81. The Kier molecular flexibility index (Phi) is 3.46. The first-order chi connectivity index (χ1) is 10.3. The number of anilines is 2. The van der Waals surface area contributed by atoms with Crippen LogP contribution in [0.2, 0.25) is 0 Å². The van der Waals surface area contributed by atoms with Gasteiger partial charge in [0.25, 0.3) is 0 Å². The fourth-order valence-electron chi connectivity index (χ4n) is 3.22. The van der Waals surface area contributed by atoms with Crippen LogP contribution in [0, 0.1) is 5.41 Å². The highest BCUT2D eigenvalue weighted by Gasteiger charge is 2.54. The van der Waals surface area contributed by atoms with Gasteiger partial charge in [0.15, 0.2) is 0 Å². The van der Waals surface area contributed by atoms with E-state index < -0.39 is 5.60 Å². The van der Waals surface area contributed by atoms with Gasteiger partial charge in [-0.3, -0.25) is 0 Å². The van der Waals surface area contributed by atoms with Crippen molar-refractivity contribution < 1.29 is 9.53 Å². The van der Waals surface area contributed by atoms with Crippen LogP contribution < -0.4 is 10.2 Å². The fourth-order valence-corrected chi connectivity index (χ4v) is 3.22. The Morgan fingerprint density at radius 2 is 1.91 bits per heavy atom. The molecule has 1 N–H and O–H groups in total. The van der Waals surface area contributed by atoms with E-state index in [1.807, 2.05) is 32.7 Å². The quantitative estimate of drug-likeness (QED) is 0.912. The van der Waals surface area contributed by atoms with Crippen LogP contribution in [-0.2, 0) is 4.74 Å². The summed E-state index contributed by atoms with van der Waals surface area (Å²) in [5.74, 6) is 0. The van der Waals surface area contributed by atoms with Gasteiger partial charge in [-0.05, 0) is 39.0 Å². The van der Waals surface area contributed by atoms with Gasteiger partial charge in [0, 0.05) is 50.0 Å². The highest BCUT2D eigenvalue weighted by Crippen LogP contribution is 2.42. The smallest absolute Gasteiger partial charge is 0.410 e. The number of hydrogen-bond acceptors (Lipinski definition) is 4. The molecule has 22 heavy (non-hydrogen) atoms. The Hall–Kier alpha value is -1.91. The summed E-state index contributed by atoms with van der Waals surface area (Å²) in [6, 6.07) is 8.43. The number of carbonyl (C=O) groups excluding carboxylic acids is 1. The van der Waals surface area contributed by atoms with E-state index >= 15 is 0 Å². The molecule has 2 aliphatic rings. The van der Waals surface area contributed by atoms with E-state index in [-0.39, 0.29) is 11.5 Å². The van der Waals surface area contributed by atoms with Gasteiger partial charge in [-0.25, -0.2) is 4.79 Å². The van der Waals surface area contributed by atoms with Crippen molar-refractivity contribution in [3.05, 3.63) is 24.3 Å². The van der Waals surface area contributed by atoms with Crippen molar-refractivity contribution in [2.45, 2.75) is 26.4 Å². The predicted molar refractivity (Wildman–Crippen MR) is 88.4 cm³/mol. The lowest BCUT2D eigenvalue weighted by Crippen LogP contribution is -2.73. The summed E-state index contributed by atoms with van der Waals surface area (Å²) in [5, 5.41) is 3.17. The second-order valence-electron chi connectivity index (χ2n) is 7.49. The first kappa shape index (κ1) is 15.0. The summed E-state index contributed by atoms with van der Waals surface area (Å²) in [5.41, 5.74) is 2.22. The average Bonchev–Trinajstić information content (AvgIpc) is 2.33. The van der Waals surface area contributed by atoms with Gasteiger partial charge >= 0.3 is 6.09 Å². The van der Waals surface area contributed by atoms with Crippen LogP contribution >= 0.6 is 0 Å². The van der Waals surface area contributed by atoms with Gasteiger partial charge in [0.05, 0.1) is 0 Å². The van der Waals surface area contributed by atoms with Gasteiger partial charge in [0.1, 0.15) is 5.60 Å². The Labute approximate surface area is 132 Å². The molecule has 2 aliphatic heterocycles. The highest BCUT2D eigenvalue weighted by atomic mass is 16.6. The summed E-state index contributed by atoms with van der Waals surface area (Å²) in [4.78, 5) is 16.2. The van der Waals surface area contributed by atoms with E-state index in [0.29, 0.717) is 0 Å². The van der Waals surface area contributed by atoms with E-state index in [2.05, 4.69) is 34.5 Å². The number of rotatable bonds is 2. The van der Waals surface area contributed by atoms with Crippen molar-refractivity contribution in [1.82, 2.24) is 4.90 Å². The van der Waals surface area contributed by atoms with Crippen molar-refractivity contribution in [2.24, 2.45) is 5.41 Å². The molecule has 1 spiro atoms. The molecule has 0 atom stereocenters. The number of likely N-dealkylation sites (tertiary alicyclic amines) is 1. The predicted octanol–water partition coefficient (Wildman–Crippen LogP) is 2.79. The van der Waals surface area contributed by atoms with Crippen LogP contribution in [0.5, 0.6) is 0 Å². The maximum absolute atomic E-state index is 12.0. The molecule has 120 valence electrons. The number of hydrogen-bond donors (Lipinski definition) is 1. The standard InChI is InChI=1S/C17H25N3O2/c1-16(2,3)22-15(21)20-11-17(12-20)9-19(10-17)14-7-5-6-13(8-14)18-4/h5-8,18H,9-12H2,1-4H3. The number of nitrogens with zero attached hydrogens (tertiary/aromatic N) is 2. The molecule has 5 heteroatoms. The molecule has 0 saturated carbocycles. The highest BCUT2D eigenvalue weighted by molar-refractivity contribution is 5.70. The van der Waals surface area contributed by atoms with E-state index in [0.717, 1.165) is 31.9 Å². The number of carbonyl (C=O) groups is 1. The lowest BCUT2D eigenvalue weighted by molar-refractivity contribution is -0.0452. The third kappa shape index (κ3) is 2.85. The maximum atomic E-state index is 12.0. The molecule has 2 heterocycles. The van der Waals surface area contributed by atoms with Crippen LogP contribution in [0.15, 0.2) is 24.3 Å². The molecule has 1 aromatic carbocycles. The Morgan fingerprint density at radius 3 is 2.50 bits per heavy atom. The Morgan fingerprint density at radius 1 is 1.23 bits per heavy atom. The fraction of sp³-hybridized carbons (Fsp3) is 0.588. The molecule has 0 radical (unpaired) electrons. The van der Waals surface area contributed by atoms with Crippen LogP contribution in [0.4, 0.5) is 16.2 Å². The van der Waals surface area contributed by atoms with Crippen LogP contribution in [0.25, 0.3) is 0 Å². The maximum Gasteiger partial charge on any atom is 0.410 e. The van der Waals surface area contributed by atoms with E-state index in [4.69, 9.17) is 4.74 Å². The monoisotopic (exact) mass is 303 g/mol. The molecular formula is C17H25N3O2. The van der Waals surface area contributed by atoms with Crippen LogP contribution in [-0.4, -0.2) is 49.8 Å². The summed E-state index contributed by atoms with van der Waals surface area (Å²) in [6.45, 7) is 9.36. The van der Waals surface area contributed by atoms with E-state index in [1.54, 1.807) is 0 Å². The lowest BCUT2D eigenvalue weighted by atomic mass is 9.73. The van der Waals surface area contributed by atoms with Gasteiger partial charge in [-0.1, -0.05) is 6.07 Å². The number of ether oxygens (including phenoxy) is 1. The van der Waals surface area contributed by atoms with Gasteiger partial charge < -0.3 is 19.9 Å². The van der Waals surface area contributed by atoms with Gasteiger partial charge in [0.2, 0.25) is 0 Å². The van der Waals surface area contributed by atoms with Crippen molar-refractivity contribution in [3.63, 3.8) is 0 Å². The molecule has 1 amide bonds. The van der Waals surface area contributed by atoms with Crippen LogP contribution in [0.1, 0.15) is 20.8 Å². The average molecular weight is 303 g/mol. The SMILES string of the molecule is CNc1cccc(N2CC3(CN(C(=O)OC(C)(C)C)C3)C2)c1. The van der Waals surface area contributed by atoms with Crippen molar-refractivity contribution in [3.8, 4) is 0 Å². The second-order valence-corrected chi connectivity index (χ2v) is 7.49. The van der Waals surface area contributed by atoms with E-state index in [9.17, 15) is 4.79 Å². The molecule has 0 aliphatic carbocycles. The molecule has 0 unspecified atom stereocenters. The summed E-state index contributed by atoms with van der Waals surface area (Å²) >= 11 is 0. The summed E-state index contributed by atoms with van der Waals surface area (Å²) in [6.07, 6.45) is -0.186. The minimum Gasteiger partial charge on any atom is -0.444 e. The van der Waals surface area contributed by atoms with Gasteiger partial charge in [-0.15, -0.1) is 0 Å². The summed E-state index contributed by atoms with van der Waals surface area (Å²) < 4.78 is 5.41. The minimum atomic E-state index is -0.418. The first-order valence-corrected chi connectivity index (χ1v) is 7.81. The number of amides is 1. The number of nitrogens with one attached hydrogen (secondary N) is 1. The molecule has 2 fully saturated rings. The van der Waals surface area contributed by atoms with Crippen molar-refractivity contribution >= 4 is 17.5 Å². The minimum absolute atomic E-state index is 0.186. The molecule has 3 rings (SSSR count). The zero-order valence-electron chi connectivity index (χ0n) is 13.8. The van der Waals surface area contributed by atoms with Crippen LogP contribution in [0.3, 0.4) is 0 Å². The third-order valence-electron chi connectivity index (χ3n) is 4.26. The Balaban J connectivity index is 1.51. The normalized spacial score (nSPS) is 19.5. The molecule has 0 bridgehead atoms. The van der Waals surface area contributed by atoms with Gasteiger partial charge in [-0.2, -0.15) is 0 Å². The molecule has 2 saturated heterocycles. The molecule has 1 aromatic rings. The van der Waals surface area contributed by atoms with E-state index in [1.165, 1.54) is 5.69 Å². The molecule has 0 aromatic heterocycles. The zero-order valence-corrected chi connectivity index (χ0v) is 13.8. The zero-order chi connectivity index (χ0) is 16.0. The molecule has 5 nitrogen and oxygen atoms in total. The third-order valence-corrected chi connectivity index (χ3v) is 4.26. The largest absolute Gasteiger partial charge is 0.444 e. The van der Waals surface area contributed by atoms with Crippen molar-refractivity contribution in [1.29, 1.82) is 0 Å². The molecular weight excluding hydrogens is 278 g/mol. The number of benzene rings is 1. The topological polar surface area (TPSA) is 44.8 Å².